The monoisotopic (exact) mass is 256 g/mol. The Morgan fingerprint density at radius 3 is 2.05 bits per heavy atom. The van der Waals surface area contributed by atoms with Crippen molar-refractivity contribution >= 4 is 5.97 Å². The van der Waals surface area contributed by atoms with Crippen molar-refractivity contribution in [3.8, 4) is 0 Å². The molecule has 2 aromatic rings. The summed E-state index contributed by atoms with van der Waals surface area (Å²) in [6.45, 7) is 0.00131. The standard InChI is InChI=1S/C16H16O3/c17-11-13-8-6-12(7-9-13)10-15(16(18)19)14-4-2-1-3-5-14/h1-9,15,17H,10-11H2,(H,18,19). The first-order valence-corrected chi connectivity index (χ1v) is 6.17. The highest BCUT2D eigenvalue weighted by Gasteiger charge is 2.19. The molecule has 1 unspecified atom stereocenters. The third-order valence-electron chi connectivity index (χ3n) is 3.15. The normalized spacial score (nSPS) is 12.1. The van der Waals surface area contributed by atoms with E-state index in [0.717, 1.165) is 16.7 Å². The molecule has 0 saturated carbocycles. The van der Waals surface area contributed by atoms with Gasteiger partial charge in [-0.05, 0) is 23.1 Å². The van der Waals surface area contributed by atoms with E-state index in [1.165, 1.54) is 0 Å². The molecule has 0 spiro atoms. The third-order valence-corrected chi connectivity index (χ3v) is 3.15. The summed E-state index contributed by atoms with van der Waals surface area (Å²) in [5.74, 6) is -1.36. The lowest BCUT2D eigenvalue weighted by Gasteiger charge is -2.13. The van der Waals surface area contributed by atoms with Gasteiger partial charge in [0.15, 0.2) is 0 Å². The minimum absolute atomic E-state index is 0.00131. The fourth-order valence-corrected chi connectivity index (χ4v) is 2.05. The van der Waals surface area contributed by atoms with Crippen LogP contribution in [-0.2, 0) is 17.8 Å². The molecule has 0 saturated heterocycles. The summed E-state index contributed by atoms with van der Waals surface area (Å²) in [7, 11) is 0. The van der Waals surface area contributed by atoms with Gasteiger partial charge < -0.3 is 10.2 Å². The quantitative estimate of drug-likeness (QED) is 0.864. The summed E-state index contributed by atoms with van der Waals surface area (Å²) >= 11 is 0. The average Bonchev–Trinajstić information content (AvgIpc) is 2.46. The zero-order valence-corrected chi connectivity index (χ0v) is 10.5. The Morgan fingerprint density at radius 1 is 0.947 bits per heavy atom. The third kappa shape index (κ3) is 3.42. The molecule has 19 heavy (non-hydrogen) atoms. The van der Waals surface area contributed by atoms with Crippen molar-refractivity contribution in [3.05, 3.63) is 71.3 Å². The predicted molar refractivity (Wildman–Crippen MR) is 72.9 cm³/mol. The molecule has 2 rings (SSSR count). The number of hydrogen-bond acceptors (Lipinski definition) is 2. The summed E-state index contributed by atoms with van der Waals surface area (Å²) in [6, 6.07) is 16.6. The minimum atomic E-state index is -0.822. The summed E-state index contributed by atoms with van der Waals surface area (Å²) in [5, 5.41) is 18.3. The van der Waals surface area contributed by atoms with Crippen LogP contribution in [0, 0.1) is 0 Å². The Hall–Kier alpha value is -2.13. The Kier molecular flexibility index (Phi) is 4.31. The van der Waals surface area contributed by atoms with Crippen LogP contribution in [0.25, 0.3) is 0 Å². The molecule has 3 nitrogen and oxygen atoms in total. The van der Waals surface area contributed by atoms with Crippen LogP contribution in [0.15, 0.2) is 54.6 Å². The highest BCUT2D eigenvalue weighted by Crippen LogP contribution is 2.21. The van der Waals surface area contributed by atoms with Gasteiger partial charge in [0, 0.05) is 0 Å². The van der Waals surface area contributed by atoms with Gasteiger partial charge in [-0.1, -0.05) is 54.6 Å². The summed E-state index contributed by atoms with van der Waals surface area (Å²) in [5.41, 5.74) is 2.59. The Bertz CT molecular complexity index is 532. The van der Waals surface area contributed by atoms with Crippen molar-refractivity contribution in [3.63, 3.8) is 0 Å². The van der Waals surface area contributed by atoms with Crippen molar-refractivity contribution in [2.45, 2.75) is 18.9 Å². The van der Waals surface area contributed by atoms with Crippen LogP contribution in [0.2, 0.25) is 0 Å². The molecule has 1 atom stereocenters. The average molecular weight is 256 g/mol. The van der Waals surface area contributed by atoms with Crippen molar-refractivity contribution in [2.24, 2.45) is 0 Å². The second kappa shape index (κ2) is 6.16. The SMILES string of the molecule is O=C(O)C(Cc1ccc(CO)cc1)c1ccccc1. The van der Waals surface area contributed by atoms with Gasteiger partial charge in [0.2, 0.25) is 0 Å². The lowest BCUT2D eigenvalue weighted by Crippen LogP contribution is -2.14. The fraction of sp³-hybridized carbons (Fsp3) is 0.188. The first-order valence-electron chi connectivity index (χ1n) is 6.17. The van der Waals surface area contributed by atoms with E-state index in [0.29, 0.717) is 6.42 Å². The number of carboxylic acid groups (broad SMARTS) is 1. The van der Waals surface area contributed by atoms with Crippen LogP contribution in [-0.4, -0.2) is 16.2 Å². The number of carbonyl (C=O) groups is 1. The van der Waals surface area contributed by atoms with Crippen LogP contribution in [0.1, 0.15) is 22.6 Å². The van der Waals surface area contributed by atoms with Crippen molar-refractivity contribution in [1.29, 1.82) is 0 Å². The zero-order valence-electron chi connectivity index (χ0n) is 10.5. The zero-order chi connectivity index (χ0) is 13.7. The topological polar surface area (TPSA) is 57.5 Å². The van der Waals surface area contributed by atoms with Gasteiger partial charge in [-0.15, -0.1) is 0 Å². The van der Waals surface area contributed by atoms with Crippen LogP contribution in [0.5, 0.6) is 0 Å². The molecule has 0 radical (unpaired) electrons. The van der Waals surface area contributed by atoms with Crippen LogP contribution < -0.4 is 0 Å². The number of aliphatic carboxylic acids is 1. The van der Waals surface area contributed by atoms with Gasteiger partial charge in [-0.25, -0.2) is 0 Å². The molecule has 0 bridgehead atoms. The van der Waals surface area contributed by atoms with Crippen molar-refractivity contribution in [2.75, 3.05) is 0 Å². The molecule has 0 aromatic heterocycles. The summed E-state index contributed by atoms with van der Waals surface area (Å²) < 4.78 is 0. The lowest BCUT2D eigenvalue weighted by atomic mass is 9.92. The van der Waals surface area contributed by atoms with E-state index < -0.39 is 11.9 Å². The van der Waals surface area contributed by atoms with E-state index in [2.05, 4.69) is 0 Å². The second-order valence-electron chi connectivity index (χ2n) is 4.48. The van der Waals surface area contributed by atoms with Gasteiger partial charge in [0.25, 0.3) is 0 Å². The minimum Gasteiger partial charge on any atom is -0.481 e. The van der Waals surface area contributed by atoms with Gasteiger partial charge >= 0.3 is 5.97 Å². The summed E-state index contributed by atoms with van der Waals surface area (Å²) in [4.78, 5) is 11.4. The molecule has 3 heteroatoms. The molecule has 2 N–H and O–H groups in total. The number of aliphatic hydroxyl groups is 1. The highest BCUT2D eigenvalue weighted by molar-refractivity contribution is 5.76. The predicted octanol–water partition coefficient (Wildman–Crippen LogP) is 2.59. The molecule has 0 aliphatic heterocycles. The van der Waals surface area contributed by atoms with E-state index in [1.54, 1.807) is 0 Å². The second-order valence-corrected chi connectivity index (χ2v) is 4.48. The molecule has 2 aromatic carbocycles. The first-order chi connectivity index (χ1) is 9.20. The summed E-state index contributed by atoms with van der Waals surface area (Å²) in [6.07, 6.45) is 0.449. The molecular formula is C16H16O3. The Labute approximate surface area is 112 Å². The smallest absolute Gasteiger partial charge is 0.311 e. The highest BCUT2D eigenvalue weighted by atomic mass is 16.4. The van der Waals surface area contributed by atoms with Gasteiger partial charge in [0.1, 0.15) is 0 Å². The van der Waals surface area contributed by atoms with Crippen LogP contribution in [0.4, 0.5) is 0 Å². The van der Waals surface area contributed by atoms with Crippen molar-refractivity contribution in [1.82, 2.24) is 0 Å². The molecular weight excluding hydrogens is 240 g/mol. The lowest BCUT2D eigenvalue weighted by molar-refractivity contribution is -0.138. The molecule has 0 heterocycles. The van der Waals surface area contributed by atoms with Crippen LogP contribution >= 0.6 is 0 Å². The Morgan fingerprint density at radius 2 is 1.53 bits per heavy atom. The van der Waals surface area contributed by atoms with E-state index >= 15 is 0 Å². The number of carboxylic acids is 1. The molecule has 0 aliphatic rings. The van der Waals surface area contributed by atoms with E-state index in [1.807, 2.05) is 54.6 Å². The molecule has 0 amide bonds. The van der Waals surface area contributed by atoms with Gasteiger partial charge in [-0.2, -0.15) is 0 Å². The molecule has 0 aliphatic carbocycles. The number of benzene rings is 2. The number of hydrogen-bond donors (Lipinski definition) is 2. The van der Waals surface area contributed by atoms with E-state index in [9.17, 15) is 9.90 Å². The fourth-order valence-electron chi connectivity index (χ4n) is 2.05. The van der Waals surface area contributed by atoms with E-state index in [-0.39, 0.29) is 6.61 Å². The molecule has 0 fully saturated rings. The van der Waals surface area contributed by atoms with E-state index in [4.69, 9.17) is 5.11 Å². The Balaban J connectivity index is 2.19. The van der Waals surface area contributed by atoms with Gasteiger partial charge in [0.05, 0.1) is 12.5 Å². The largest absolute Gasteiger partial charge is 0.481 e. The van der Waals surface area contributed by atoms with Gasteiger partial charge in [-0.3, -0.25) is 4.79 Å². The van der Waals surface area contributed by atoms with Crippen LogP contribution in [0.3, 0.4) is 0 Å². The maximum atomic E-state index is 11.4. The number of rotatable bonds is 5. The first kappa shape index (κ1) is 13.3. The number of aliphatic hydroxyl groups excluding tert-OH is 1. The maximum Gasteiger partial charge on any atom is 0.311 e. The maximum absolute atomic E-state index is 11.4. The van der Waals surface area contributed by atoms with Crippen molar-refractivity contribution < 1.29 is 15.0 Å². The molecule has 98 valence electrons.